The number of urea groups is 1. The van der Waals surface area contributed by atoms with Crippen molar-refractivity contribution in [3.63, 3.8) is 0 Å². The Kier molecular flexibility index (Phi) is 4.03. The van der Waals surface area contributed by atoms with E-state index < -0.39 is 17.8 Å². The van der Waals surface area contributed by atoms with Crippen LogP contribution in [0.2, 0.25) is 0 Å². The van der Waals surface area contributed by atoms with Gasteiger partial charge in [-0.05, 0) is 59.9 Å². The standard InChI is InChI=1S/C16H11IN2O4/c1-9-2-4-10(5-3-9)19-15(21)12(14(20)18-16(19)22)8-11-6-7-13(17)23-11/h2-8H,1H3,(H,18,20,22). The van der Waals surface area contributed by atoms with Crippen molar-refractivity contribution in [1.82, 2.24) is 5.32 Å². The van der Waals surface area contributed by atoms with E-state index in [4.69, 9.17) is 4.42 Å². The topological polar surface area (TPSA) is 79.6 Å². The van der Waals surface area contributed by atoms with Crippen molar-refractivity contribution in [3.05, 3.63) is 57.1 Å². The second-order valence-corrected chi connectivity index (χ2v) is 6.00. The summed E-state index contributed by atoms with van der Waals surface area (Å²) < 4.78 is 5.97. The number of carbonyl (C=O) groups is 3. The van der Waals surface area contributed by atoms with E-state index in [1.54, 1.807) is 36.4 Å². The Morgan fingerprint density at radius 1 is 1.09 bits per heavy atom. The molecule has 6 nitrogen and oxygen atoms in total. The highest BCUT2D eigenvalue weighted by molar-refractivity contribution is 14.1. The van der Waals surface area contributed by atoms with Crippen LogP contribution < -0.4 is 10.2 Å². The van der Waals surface area contributed by atoms with E-state index >= 15 is 0 Å². The highest BCUT2D eigenvalue weighted by Crippen LogP contribution is 2.23. The second-order valence-electron chi connectivity index (χ2n) is 4.94. The summed E-state index contributed by atoms with van der Waals surface area (Å²) in [6.07, 6.45) is 1.33. The third kappa shape index (κ3) is 3.04. The molecule has 1 aliphatic heterocycles. The summed E-state index contributed by atoms with van der Waals surface area (Å²) >= 11 is 1.98. The van der Waals surface area contributed by atoms with Crippen LogP contribution in [0.3, 0.4) is 0 Å². The van der Waals surface area contributed by atoms with Crippen LogP contribution in [-0.4, -0.2) is 17.8 Å². The Balaban J connectivity index is 2.00. The molecular formula is C16H11IN2O4. The van der Waals surface area contributed by atoms with E-state index in [1.807, 2.05) is 29.5 Å². The van der Waals surface area contributed by atoms with E-state index in [9.17, 15) is 14.4 Å². The van der Waals surface area contributed by atoms with Gasteiger partial charge in [-0.2, -0.15) is 0 Å². The monoisotopic (exact) mass is 422 g/mol. The quantitative estimate of drug-likeness (QED) is 0.459. The number of nitrogens with zero attached hydrogens (tertiary/aromatic N) is 1. The van der Waals surface area contributed by atoms with Gasteiger partial charge in [0.1, 0.15) is 11.3 Å². The zero-order valence-electron chi connectivity index (χ0n) is 12.0. The maximum Gasteiger partial charge on any atom is 0.335 e. The lowest BCUT2D eigenvalue weighted by molar-refractivity contribution is -0.122. The average molecular weight is 422 g/mol. The van der Waals surface area contributed by atoms with E-state index in [0.717, 1.165) is 10.5 Å². The van der Waals surface area contributed by atoms with Crippen LogP contribution in [0.5, 0.6) is 0 Å². The van der Waals surface area contributed by atoms with Gasteiger partial charge in [-0.15, -0.1) is 0 Å². The third-order valence-electron chi connectivity index (χ3n) is 3.27. The minimum atomic E-state index is -0.768. The number of barbiturate groups is 1. The molecule has 0 spiro atoms. The molecule has 2 aromatic rings. The van der Waals surface area contributed by atoms with Gasteiger partial charge in [0.25, 0.3) is 11.8 Å². The van der Waals surface area contributed by atoms with Gasteiger partial charge in [-0.25, -0.2) is 9.69 Å². The van der Waals surface area contributed by atoms with E-state index in [0.29, 0.717) is 15.2 Å². The minimum Gasteiger partial charge on any atom is -0.451 e. The number of hydrogen-bond acceptors (Lipinski definition) is 4. The number of rotatable bonds is 2. The van der Waals surface area contributed by atoms with Crippen LogP contribution in [0, 0.1) is 10.7 Å². The van der Waals surface area contributed by atoms with Crippen LogP contribution in [0.1, 0.15) is 11.3 Å². The second kappa shape index (κ2) is 5.99. The highest BCUT2D eigenvalue weighted by atomic mass is 127. The lowest BCUT2D eigenvalue weighted by Gasteiger charge is -2.26. The first-order valence-corrected chi connectivity index (χ1v) is 7.77. The van der Waals surface area contributed by atoms with Crippen molar-refractivity contribution in [2.45, 2.75) is 6.92 Å². The zero-order valence-corrected chi connectivity index (χ0v) is 14.2. The van der Waals surface area contributed by atoms with Gasteiger partial charge in [-0.3, -0.25) is 14.9 Å². The van der Waals surface area contributed by atoms with Crippen LogP contribution in [-0.2, 0) is 9.59 Å². The Labute approximate surface area is 145 Å². The number of furan rings is 1. The first-order chi connectivity index (χ1) is 11.0. The van der Waals surface area contributed by atoms with E-state index in [2.05, 4.69) is 5.32 Å². The van der Waals surface area contributed by atoms with Crippen LogP contribution in [0.4, 0.5) is 10.5 Å². The smallest absolute Gasteiger partial charge is 0.335 e. The van der Waals surface area contributed by atoms with Gasteiger partial charge in [0, 0.05) is 0 Å². The number of benzene rings is 1. The van der Waals surface area contributed by atoms with Gasteiger partial charge in [0.2, 0.25) is 0 Å². The maximum atomic E-state index is 12.6. The summed E-state index contributed by atoms with van der Waals surface area (Å²) in [6.45, 7) is 1.90. The first-order valence-electron chi connectivity index (χ1n) is 6.69. The van der Waals surface area contributed by atoms with Crippen LogP contribution >= 0.6 is 22.6 Å². The molecule has 0 saturated carbocycles. The molecule has 0 unspecified atom stereocenters. The van der Waals surface area contributed by atoms with Gasteiger partial charge in [0.05, 0.1) is 5.69 Å². The minimum absolute atomic E-state index is 0.157. The third-order valence-corrected chi connectivity index (χ3v) is 3.85. The molecule has 1 aromatic heterocycles. The predicted molar refractivity (Wildman–Crippen MR) is 91.6 cm³/mol. The number of carbonyl (C=O) groups excluding carboxylic acids is 3. The van der Waals surface area contributed by atoms with E-state index in [1.165, 1.54) is 6.08 Å². The number of anilines is 1. The predicted octanol–water partition coefficient (Wildman–Crippen LogP) is 2.86. The molecule has 0 bridgehead atoms. The normalized spacial score (nSPS) is 16.9. The lowest BCUT2D eigenvalue weighted by Crippen LogP contribution is -2.54. The summed E-state index contributed by atoms with van der Waals surface area (Å²) in [5.41, 5.74) is 1.23. The van der Waals surface area contributed by atoms with E-state index in [-0.39, 0.29) is 5.57 Å². The highest BCUT2D eigenvalue weighted by Gasteiger charge is 2.36. The largest absolute Gasteiger partial charge is 0.451 e. The van der Waals surface area contributed by atoms with Gasteiger partial charge >= 0.3 is 6.03 Å². The summed E-state index contributed by atoms with van der Waals surface area (Å²) in [4.78, 5) is 37.5. The van der Waals surface area contributed by atoms with Crippen molar-refractivity contribution >= 4 is 52.2 Å². The van der Waals surface area contributed by atoms with Crippen molar-refractivity contribution in [3.8, 4) is 0 Å². The maximum absolute atomic E-state index is 12.6. The van der Waals surface area contributed by atoms with Crippen LogP contribution in [0.15, 0.2) is 46.4 Å². The first kappa shape index (κ1) is 15.5. The molecule has 23 heavy (non-hydrogen) atoms. The summed E-state index contributed by atoms with van der Waals surface area (Å²) in [6, 6.07) is 9.44. The number of aryl methyl sites for hydroxylation is 1. The molecular weight excluding hydrogens is 411 g/mol. The summed E-state index contributed by atoms with van der Waals surface area (Å²) in [5.74, 6) is -1.06. The van der Waals surface area contributed by atoms with Crippen LogP contribution in [0.25, 0.3) is 6.08 Å². The molecule has 0 aliphatic carbocycles. The molecule has 7 heteroatoms. The molecule has 4 amide bonds. The fraction of sp³-hybridized carbons (Fsp3) is 0.0625. The number of imide groups is 2. The van der Waals surface area contributed by atoms with Crippen molar-refractivity contribution < 1.29 is 18.8 Å². The van der Waals surface area contributed by atoms with Gasteiger partial charge in [-0.1, -0.05) is 17.7 Å². The molecule has 0 radical (unpaired) electrons. The molecule has 0 atom stereocenters. The average Bonchev–Trinajstić information content (AvgIpc) is 2.91. The van der Waals surface area contributed by atoms with Gasteiger partial charge < -0.3 is 4.42 Å². The summed E-state index contributed by atoms with van der Waals surface area (Å²) in [7, 11) is 0. The number of halogens is 1. The molecule has 1 aromatic carbocycles. The molecule has 1 saturated heterocycles. The van der Waals surface area contributed by atoms with Crippen molar-refractivity contribution in [1.29, 1.82) is 0 Å². The number of hydrogen-bond donors (Lipinski definition) is 1. The Hall–Kier alpha value is -2.42. The molecule has 116 valence electrons. The lowest BCUT2D eigenvalue weighted by atomic mass is 10.1. The van der Waals surface area contributed by atoms with Gasteiger partial charge in [0.15, 0.2) is 3.77 Å². The Bertz CT molecular complexity index is 836. The molecule has 3 rings (SSSR count). The molecule has 2 heterocycles. The SMILES string of the molecule is Cc1ccc(N2C(=O)NC(=O)C(=Cc3ccc(I)o3)C2=O)cc1. The van der Waals surface area contributed by atoms with Crippen molar-refractivity contribution in [2.24, 2.45) is 0 Å². The number of nitrogens with one attached hydrogen (secondary N) is 1. The fourth-order valence-corrected chi connectivity index (χ4v) is 2.57. The Morgan fingerprint density at radius 3 is 2.39 bits per heavy atom. The Morgan fingerprint density at radius 2 is 1.78 bits per heavy atom. The number of amides is 4. The fourth-order valence-electron chi connectivity index (χ4n) is 2.13. The summed E-state index contributed by atoms with van der Waals surface area (Å²) in [5, 5.41) is 2.17. The zero-order chi connectivity index (χ0) is 16.6. The molecule has 1 N–H and O–H groups in total. The molecule has 1 aliphatic rings. The van der Waals surface area contributed by atoms with Crippen molar-refractivity contribution in [2.75, 3.05) is 4.90 Å². The molecule has 1 fully saturated rings.